The van der Waals surface area contributed by atoms with Crippen molar-refractivity contribution in [3.63, 3.8) is 0 Å². The Hall–Kier alpha value is -1.33. The van der Waals surface area contributed by atoms with Crippen LogP contribution in [0.1, 0.15) is 30.1 Å². The van der Waals surface area contributed by atoms with E-state index in [2.05, 4.69) is 0 Å². The highest BCUT2D eigenvalue weighted by Gasteiger charge is 2.29. The molecule has 0 bridgehead atoms. The Morgan fingerprint density at radius 2 is 2.21 bits per heavy atom. The molecule has 1 saturated heterocycles. The van der Waals surface area contributed by atoms with Crippen LogP contribution >= 0.6 is 0 Å². The van der Waals surface area contributed by atoms with Gasteiger partial charge < -0.3 is 5.11 Å². The minimum Gasteiger partial charge on any atom is -0.389 e. The standard InChI is InChI=1S/C14H17F2NO2/c1-14(19)5-2-6-17(9-14)8-13(18)11-7-10(15)3-4-12(11)16/h3-4,7,19H,2,5-6,8-9H2,1H3. The molecule has 1 aliphatic heterocycles. The Morgan fingerprint density at radius 1 is 1.47 bits per heavy atom. The van der Waals surface area contributed by atoms with E-state index < -0.39 is 23.0 Å². The number of ketones is 1. The van der Waals surface area contributed by atoms with Crippen LogP contribution in [0.25, 0.3) is 0 Å². The highest BCUT2D eigenvalue weighted by atomic mass is 19.1. The van der Waals surface area contributed by atoms with Gasteiger partial charge in [-0.2, -0.15) is 0 Å². The molecule has 0 radical (unpaired) electrons. The number of benzene rings is 1. The fourth-order valence-electron chi connectivity index (χ4n) is 2.46. The summed E-state index contributed by atoms with van der Waals surface area (Å²) in [5.74, 6) is -1.81. The third kappa shape index (κ3) is 3.58. The van der Waals surface area contributed by atoms with Gasteiger partial charge >= 0.3 is 0 Å². The highest BCUT2D eigenvalue weighted by molar-refractivity contribution is 5.97. The smallest absolute Gasteiger partial charge is 0.179 e. The first-order chi connectivity index (χ1) is 8.87. The Balaban J connectivity index is 2.06. The Bertz CT molecular complexity index is 488. The fraction of sp³-hybridized carbons (Fsp3) is 0.500. The van der Waals surface area contributed by atoms with Gasteiger partial charge in [-0.1, -0.05) is 0 Å². The normalized spacial score (nSPS) is 24.4. The van der Waals surface area contributed by atoms with Gasteiger partial charge in [0.2, 0.25) is 0 Å². The summed E-state index contributed by atoms with van der Waals surface area (Å²) < 4.78 is 26.5. The molecular weight excluding hydrogens is 252 g/mol. The molecule has 1 aromatic carbocycles. The largest absolute Gasteiger partial charge is 0.389 e. The van der Waals surface area contributed by atoms with Crippen LogP contribution < -0.4 is 0 Å². The molecule has 0 spiro atoms. The second-order valence-corrected chi connectivity index (χ2v) is 5.36. The van der Waals surface area contributed by atoms with E-state index in [4.69, 9.17) is 0 Å². The van der Waals surface area contributed by atoms with E-state index in [1.54, 1.807) is 11.8 Å². The van der Waals surface area contributed by atoms with Gasteiger partial charge in [0.25, 0.3) is 0 Å². The van der Waals surface area contributed by atoms with Gasteiger partial charge in [0, 0.05) is 6.54 Å². The molecule has 1 fully saturated rings. The molecule has 0 saturated carbocycles. The number of carbonyl (C=O) groups excluding carboxylic acids is 1. The summed E-state index contributed by atoms with van der Waals surface area (Å²) in [6.45, 7) is 2.76. The maximum atomic E-state index is 13.5. The van der Waals surface area contributed by atoms with Crippen molar-refractivity contribution in [2.24, 2.45) is 0 Å². The molecule has 1 aliphatic rings. The number of hydrogen-bond acceptors (Lipinski definition) is 3. The van der Waals surface area contributed by atoms with Crippen LogP contribution in [-0.4, -0.2) is 41.0 Å². The molecule has 2 rings (SSSR count). The Kier molecular flexibility index (Phi) is 3.96. The second kappa shape index (κ2) is 5.35. The molecule has 0 aliphatic carbocycles. The van der Waals surface area contributed by atoms with Crippen molar-refractivity contribution >= 4 is 5.78 Å². The van der Waals surface area contributed by atoms with Crippen LogP contribution in [0, 0.1) is 11.6 Å². The van der Waals surface area contributed by atoms with Crippen LogP contribution in [0.15, 0.2) is 18.2 Å². The number of piperidine rings is 1. The summed E-state index contributed by atoms with van der Waals surface area (Å²) in [4.78, 5) is 13.7. The van der Waals surface area contributed by atoms with E-state index >= 15 is 0 Å². The summed E-state index contributed by atoms with van der Waals surface area (Å²) in [6, 6.07) is 2.85. The summed E-state index contributed by atoms with van der Waals surface area (Å²) >= 11 is 0. The van der Waals surface area contributed by atoms with Crippen LogP contribution in [-0.2, 0) is 0 Å². The van der Waals surface area contributed by atoms with E-state index in [1.165, 1.54) is 0 Å². The predicted molar refractivity (Wildman–Crippen MR) is 67.0 cm³/mol. The van der Waals surface area contributed by atoms with E-state index in [-0.39, 0.29) is 12.1 Å². The second-order valence-electron chi connectivity index (χ2n) is 5.36. The van der Waals surface area contributed by atoms with Gasteiger partial charge in [-0.15, -0.1) is 0 Å². The summed E-state index contributed by atoms with van der Waals surface area (Å²) in [7, 11) is 0. The molecule has 19 heavy (non-hydrogen) atoms. The third-order valence-electron chi connectivity index (χ3n) is 3.35. The maximum absolute atomic E-state index is 13.5. The number of hydrogen-bond donors (Lipinski definition) is 1. The van der Waals surface area contributed by atoms with Crippen LogP contribution in [0.3, 0.4) is 0 Å². The number of likely N-dealkylation sites (tertiary alicyclic amines) is 1. The SMILES string of the molecule is CC1(O)CCCN(CC(=O)c2cc(F)ccc2F)C1. The van der Waals surface area contributed by atoms with Crippen molar-refractivity contribution in [2.45, 2.75) is 25.4 Å². The van der Waals surface area contributed by atoms with Gasteiger partial charge in [-0.25, -0.2) is 8.78 Å². The fourth-order valence-corrected chi connectivity index (χ4v) is 2.46. The first kappa shape index (κ1) is 14.1. The Labute approximate surface area is 110 Å². The highest BCUT2D eigenvalue weighted by Crippen LogP contribution is 2.20. The average Bonchev–Trinajstić information content (AvgIpc) is 2.31. The molecule has 1 unspecified atom stereocenters. The molecular formula is C14H17F2NO2. The maximum Gasteiger partial charge on any atom is 0.179 e. The van der Waals surface area contributed by atoms with Crippen molar-refractivity contribution in [1.29, 1.82) is 0 Å². The van der Waals surface area contributed by atoms with Gasteiger partial charge in [0.1, 0.15) is 11.6 Å². The summed E-state index contributed by atoms with van der Waals surface area (Å²) in [5, 5.41) is 9.94. The molecule has 104 valence electrons. The minimum absolute atomic E-state index is 0.00345. The predicted octanol–water partition coefficient (Wildman–Crippen LogP) is 1.99. The zero-order valence-corrected chi connectivity index (χ0v) is 10.8. The summed E-state index contributed by atoms with van der Waals surface area (Å²) in [6.07, 6.45) is 1.47. The van der Waals surface area contributed by atoms with Crippen molar-refractivity contribution in [3.8, 4) is 0 Å². The van der Waals surface area contributed by atoms with Crippen molar-refractivity contribution in [2.75, 3.05) is 19.6 Å². The zero-order chi connectivity index (χ0) is 14.0. The minimum atomic E-state index is -0.820. The lowest BCUT2D eigenvalue weighted by atomic mass is 9.95. The van der Waals surface area contributed by atoms with E-state index in [0.29, 0.717) is 19.5 Å². The lowest BCUT2D eigenvalue weighted by Gasteiger charge is -2.36. The lowest BCUT2D eigenvalue weighted by molar-refractivity contribution is -0.0133. The van der Waals surface area contributed by atoms with Crippen LogP contribution in [0.4, 0.5) is 8.78 Å². The van der Waals surface area contributed by atoms with Crippen LogP contribution in [0.5, 0.6) is 0 Å². The van der Waals surface area contributed by atoms with Crippen LogP contribution in [0.2, 0.25) is 0 Å². The first-order valence-corrected chi connectivity index (χ1v) is 6.30. The molecule has 0 aromatic heterocycles. The van der Waals surface area contributed by atoms with E-state index in [9.17, 15) is 18.7 Å². The van der Waals surface area contributed by atoms with Crippen molar-refractivity contribution < 1.29 is 18.7 Å². The number of rotatable bonds is 3. The van der Waals surface area contributed by atoms with Crippen molar-refractivity contribution in [1.82, 2.24) is 4.90 Å². The number of carbonyl (C=O) groups is 1. The molecule has 5 heteroatoms. The topological polar surface area (TPSA) is 40.5 Å². The van der Waals surface area contributed by atoms with E-state index in [0.717, 1.165) is 24.6 Å². The van der Waals surface area contributed by atoms with Gasteiger partial charge in [0.15, 0.2) is 5.78 Å². The zero-order valence-electron chi connectivity index (χ0n) is 10.8. The van der Waals surface area contributed by atoms with Crippen molar-refractivity contribution in [3.05, 3.63) is 35.4 Å². The van der Waals surface area contributed by atoms with Gasteiger partial charge in [-0.05, 0) is 44.5 Å². The molecule has 1 atom stereocenters. The third-order valence-corrected chi connectivity index (χ3v) is 3.35. The Morgan fingerprint density at radius 3 is 2.89 bits per heavy atom. The molecule has 1 aromatic rings. The monoisotopic (exact) mass is 269 g/mol. The quantitative estimate of drug-likeness (QED) is 0.853. The molecule has 0 amide bonds. The molecule has 1 N–H and O–H groups in total. The average molecular weight is 269 g/mol. The number of Topliss-reactive ketones (excluding diaryl/α,β-unsaturated/α-hetero) is 1. The summed E-state index contributed by atoms with van der Waals surface area (Å²) in [5.41, 5.74) is -1.05. The number of β-amino-alcohol motifs (C(OH)–C–C–N with tert-alkyl or cyclic N) is 1. The molecule has 1 heterocycles. The first-order valence-electron chi connectivity index (χ1n) is 6.30. The number of nitrogens with zero attached hydrogens (tertiary/aromatic N) is 1. The van der Waals surface area contributed by atoms with Gasteiger partial charge in [-0.3, -0.25) is 9.69 Å². The van der Waals surface area contributed by atoms with E-state index in [1.807, 2.05) is 0 Å². The lowest BCUT2D eigenvalue weighted by Crippen LogP contribution is -2.47. The number of aliphatic hydroxyl groups is 1. The number of halogens is 2. The molecule has 3 nitrogen and oxygen atoms in total. The van der Waals surface area contributed by atoms with Gasteiger partial charge in [0.05, 0.1) is 17.7 Å².